The fourth-order valence-corrected chi connectivity index (χ4v) is 2.15. The van der Waals surface area contributed by atoms with Crippen LogP contribution in [-0.2, 0) is 12.8 Å². The first-order valence-electron chi connectivity index (χ1n) is 5.07. The second-order valence-corrected chi connectivity index (χ2v) is 3.82. The number of carbonyl (C=O) groups excluding carboxylic acids is 1. The zero-order valence-corrected chi connectivity index (χ0v) is 8.53. The average Bonchev–Trinajstić information content (AvgIpc) is 2.73. The smallest absolute Gasteiger partial charge is 0.267 e. The van der Waals surface area contributed by atoms with Crippen LogP contribution < -0.4 is 5.73 Å². The second-order valence-electron chi connectivity index (χ2n) is 3.82. The van der Waals surface area contributed by atoms with Gasteiger partial charge in [-0.1, -0.05) is 0 Å². The van der Waals surface area contributed by atoms with Crippen LogP contribution >= 0.6 is 0 Å². The van der Waals surface area contributed by atoms with Gasteiger partial charge in [0, 0.05) is 23.5 Å². The van der Waals surface area contributed by atoms with Crippen LogP contribution in [0.4, 0.5) is 0 Å². The van der Waals surface area contributed by atoms with E-state index in [1.54, 1.807) is 6.20 Å². The Bertz CT molecular complexity index is 573. The van der Waals surface area contributed by atoms with E-state index in [0.717, 1.165) is 35.2 Å². The van der Waals surface area contributed by atoms with Crippen molar-refractivity contribution in [2.45, 2.75) is 12.8 Å². The van der Waals surface area contributed by atoms with Crippen LogP contribution in [-0.4, -0.2) is 21.1 Å². The number of nitrogens with one attached hydrogen (secondary N) is 1. The maximum absolute atomic E-state index is 11.2. The predicted molar refractivity (Wildman–Crippen MR) is 57.7 cm³/mol. The Morgan fingerprint density at radius 1 is 1.44 bits per heavy atom. The van der Waals surface area contributed by atoms with Gasteiger partial charge in [-0.3, -0.25) is 14.9 Å². The lowest BCUT2D eigenvalue weighted by molar-refractivity contribution is 0.0994. The number of aromatic amines is 1. The van der Waals surface area contributed by atoms with Crippen LogP contribution in [0.2, 0.25) is 0 Å². The zero-order valence-electron chi connectivity index (χ0n) is 8.53. The molecule has 2 aromatic rings. The van der Waals surface area contributed by atoms with Gasteiger partial charge in [-0.05, 0) is 24.5 Å². The second kappa shape index (κ2) is 3.16. The highest BCUT2D eigenvalue weighted by molar-refractivity contribution is 5.94. The summed E-state index contributed by atoms with van der Waals surface area (Å²) < 4.78 is 0. The van der Waals surface area contributed by atoms with Crippen LogP contribution in [0.3, 0.4) is 0 Å². The molecule has 80 valence electrons. The van der Waals surface area contributed by atoms with E-state index < -0.39 is 5.91 Å². The molecule has 3 N–H and O–H groups in total. The van der Waals surface area contributed by atoms with Gasteiger partial charge >= 0.3 is 0 Å². The van der Waals surface area contributed by atoms with E-state index in [4.69, 9.17) is 5.73 Å². The highest BCUT2D eigenvalue weighted by atomic mass is 16.1. The number of H-pyrrole nitrogens is 1. The van der Waals surface area contributed by atoms with E-state index in [1.165, 1.54) is 0 Å². The number of nitrogens with two attached hydrogens (primary N) is 1. The molecule has 0 saturated carbocycles. The van der Waals surface area contributed by atoms with Crippen molar-refractivity contribution in [3.8, 4) is 11.3 Å². The van der Waals surface area contributed by atoms with Gasteiger partial charge in [-0.25, -0.2) is 0 Å². The Labute approximate surface area is 91.7 Å². The van der Waals surface area contributed by atoms with E-state index in [9.17, 15) is 4.79 Å². The fourth-order valence-electron chi connectivity index (χ4n) is 2.15. The summed E-state index contributed by atoms with van der Waals surface area (Å²) in [4.78, 5) is 15.3. The monoisotopic (exact) mass is 214 g/mol. The number of pyridine rings is 1. The zero-order chi connectivity index (χ0) is 11.1. The molecule has 2 aromatic heterocycles. The first-order chi connectivity index (χ1) is 7.77. The number of carbonyl (C=O) groups is 1. The van der Waals surface area contributed by atoms with Gasteiger partial charge in [0.05, 0.1) is 5.69 Å². The highest BCUT2D eigenvalue weighted by Crippen LogP contribution is 2.32. The van der Waals surface area contributed by atoms with E-state index in [0.29, 0.717) is 5.69 Å². The first-order valence-corrected chi connectivity index (χ1v) is 5.07. The summed E-state index contributed by atoms with van der Waals surface area (Å²) in [5.41, 5.74) is 9.67. The summed E-state index contributed by atoms with van der Waals surface area (Å²) >= 11 is 0. The Morgan fingerprint density at radius 3 is 3.12 bits per heavy atom. The van der Waals surface area contributed by atoms with E-state index in [-0.39, 0.29) is 0 Å². The van der Waals surface area contributed by atoms with Gasteiger partial charge in [0.15, 0.2) is 0 Å². The maximum atomic E-state index is 11.2. The molecule has 1 aliphatic rings. The summed E-state index contributed by atoms with van der Waals surface area (Å²) in [5, 5.41) is 6.88. The van der Waals surface area contributed by atoms with Crippen molar-refractivity contribution in [2.75, 3.05) is 0 Å². The number of amides is 1. The summed E-state index contributed by atoms with van der Waals surface area (Å²) in [5.74, 6) is -0.453. The van der Waals surface area contributed by atoms with Gasteiger partial charge in [-0.15, -0.1) is 0 Å². The van der Waals surface area contributed by atoms with Crippen LogP contribution in [0.25, 0.3) is 11.3 Å². The molecule has 0 radical (unpaired) electrons. The average molecular weight is 214 g/mol. The highest BCUT2D eigenvalue weighted by Gasteiger charge is 2.23. The van der Waals surface area contributed by atoms with E-state index >= 15 is 0 Å². The molecular weight excluding hydrogens is 204 g/mol. The van der Waals surface area contributed by atoms with Crippen LogP contribution in [0.5, 0.6) is 0 Å². The first kappa shape index (κ1) is 9.08. The fraction of sp³-hybridized carbons (Fsp3) is 0.182. The Hall–Kier alpha value is -2.17. The lowest BCUT2D eigenvalue weighted by atomic mass is 9.90. The van der Waals surface area contributed by atoms with Crippen LogP contribution in [0.1, 0.15) is 21.6 Å². The number of aryl methyl sites for hydroxylation is 1. The molecule has 5 heteroatoms. The number of primary amides is 1. The van der Waals surface area contributed by atoms with Gasteiger partial charge in [0.1, 0.15) is 5.69 Å². The van der Waals surface area contributed by atoms with Crippen molar-refractivity contribution in [1.82, 2.24) is 15.2 Å². The van der Waals surface area contributed by atoms with Gasteiger partial charge in [0.25, 0.3) is 5.91 Å². The third kappa shape index (κ3) is 1.14. The third-order valence-corrected chi connectivity index (χ3v) is 2.92. The predicted octanol–water partition coefficient (Wildman–Crippen LogP) is 0.669. The normalized spacial score (nSPS) is 13.0. The van der Waals surface area contributed by atoms with Crippen LogP contribution in [0, 0.1) is 0 Å². The molecule has 0 atom stereocenters. The lowest BCUT2D eigenvalue weighted by Gasteiger charge is -2.14. The van der Waals surface area contributed by atoms with Gasteiger partial charge in [0.2, 0.25) is 0 Å². The molecular formula is C11H10N4O. The number of fused-ring (bicyclic) bond motifs is 3. The van der Waals surface area contributed by atoms with Crippen molar-refractivity contribution in [1.29, 1.82) is 0 Å². The minimum atomic E-state index is -0.453. The molecule has 0 aromatic carbocycles. The molecule has 1 aliphatic carbocycles. The van der Waals surface area contributed by atoms with Crippen LogP contribution in [0.15, 0.2) is 18.5 Å². The Kier molecular flexibility index (Phi) is 1.80. The molecule has 0 bridgehead atoms. The minimum Gasteiger partial charge on any atom is -0.364 e. The maximum Gasteiger partial charge on any atom is 0.267 e. The molecule has 0 saturated heterocycles. The van der Waals surface area contributed by atoms with Crippen molar-refractivity contribution in [3.05, 3.63) is 35.3 Å². The molecule has 3 rings (SSSR count). The molecule has 0 aliphatic heterocycles. The summed E-state index contributed by atoms with van der Waals surface area (Å²) in [7, 11) is 0. The summed E-state index contributed by atoms with van der Waals surface area (Å²) in [6, 6.07) is 1.92. The lowest BCUT2D eigenvalue weighted by Crippen LogP contribution is -2.15. The summed E-state index contributed by atoms with van der Waals surface area (Å²) in [6.07, 6.45) is 5.22. The number of aromatic nitrogens is 3. The molecule has 0 unspecified atom stereocenters. The molecule has 16 heavy (non-hydrogen) atoms. The van der Waals surface area contributed by atoms with Gasteiger partial charge in [-0.2, -0.15) is 5.10 Å². The molecule has 1 amide bonds. The van der Waals surface area contributed by atoms with Crippen molar-refractivity contribution < 1.29 is 4.79 Å². The molecule has 2 heterocycles. The number of rotatable bonds is 1. The summed E-state index contributed by atoms with van der Waals surface area (Å²) in [6.45, 7) is 0. The van der Waals surface area contributed by atoms with Crippen molar-refractivity contribution in [2.24, 2.45) is 5.73 Å². The van der Waals surface area contributed by atoms with E-state index in [2.05, 4.69) is 15.2 Å². The number of hydrogen-bond acceptors (Lipinski definition) is 3. The largest absolute Gasteiger partial charge is 0.364 e. The number of hydrogen-bond donors (Lipinski definition) is 2. The Morgan fingerprint density at radius 2 is 2.31 bits per heavy atom. The molecule has 0 spiro atoms. The van der Waals surface area contributed by atoms with E-state index in [1.807, 2.05) is 12.3 Å². The Balaban J connectivity index is 2.23. The van der Waals surface area contributed by atoms with Crippen molar-refractivity contribution in [3.63, 3.8) is 0 Å². The standard InChI is InChI=1S/C11H10N4O/c12-11(16)10-8-2-1-6-5-13-4-3-7(6)9(8)14-15-10/h3-5H,1-2H2,(H2,12,16)(H,14,15). The third-order valence-electron chi connectivity index (χ3n) is 2.92. The minimum absolute atomic E-state index is 0.428. The van der Waals surface area contributed by atoms with Crippen molar-refractivity contribution >= 4 is 5.91 Å². The molecule has 0 fully saturated rings. The quantitative estimate of drug-likeness (QED) is 0.731. The van der Waals surface area contributed by atoms with Gasteiger partial charge < -0.3 is 5.73 Å². The SMILES string of the molecule is NC(=O)c1[nH]nc2c1CCc1cnccc1-2. The number of nitrogens with zero attached hydrogens (tertiary/aromatic N) is 2. The molecule has 5 nitrogen and oxygen atoms in total. The topological polar surface area (TPSA) is 84.7 Å².